The second-order valence-corrected chi connectivity index (χ2v) is 9.68. The number of aryl methyl sites for hydroxylation is 2. The lowest BCUT2D eigenvalue weighted by molar-refractivity contribution is 0.0675. The Morgan fingerprint density at radius 2 is 1.58 bits per heavy atom. The number of hydrogen-bond acceptors (Lipinski definition) is 4. The van der Waals surface area contributed by atoms with Gasteiger partial charge in [0.2, 0.25) is 10.0 Å². The average molecular weight is 436 g/mol. The third-order valence-electron chi connectivity index (χ3n) is 5.61. The molecule has 0 unspecified atom stereocenters. The van der Waals surface area contributed by atoms with Crippen LogP contribution in [0.4, 0.5) is 0 Å². The van der Waals surface area contributed by atoms with Crippen LogP contribution < -0.4 is 0 Å². The quantitative estimate of drug-likeness (QED) is 0.528. The lowest BCUT2D eigenvalue weighted by Crippen LogP contribution is -2.39. The van der Waals surface area contributed by atoms with Crippen molar-refractivity contribution in [1.29, 1.82) is 0 Å². The summed E-state index contributed by atoms with van der Waals surface area (Å²) >= 11 is 0. The fourth-order valence-corrected chi connectivity index (χ4v) is 5.57. The highest BCUT2D eigenvalue weighted by Crippen LogP contribution is 2.38. The molecule has 2 atom stereocenters. The van der Waals surface area contributed by atoms with E-state index in [1.807, 2.05) is 44.2 Å². The van der Waals surface area contributed by atoms with Gasteiger partial charge in [-0.1, -0.05) is 72.3 Å². The van der Waals surface area contributed by atoms with Crippen LogP contribution in [0.2, 0.25) is 0 Å². The first-order chi connectivity index (χ1) is 14.9. The molecule has 1 aliphatic heterocycles. The maximum absolute atomic E-state index is 13.7. The smallest absolute Gasteiger partial charge is 0.245 e. The number of carbonyl (C=O) groups is 1. The Balaban J connectivity index is 1.73. The van der Waals surface area contributed by atoms with E-state index in [0.717, 1.165) is 16.7 Å². The molecular formula is C25H25NO4S. The zero-order chi connectivity index (χ0) is 22.0. The predicted octanol–water partition coefficient (Wildman–Crippen LogP) is 4.66. The summed E-state index contributed by atoms with van der Waals surface area (Å²) in [6.45, 7) is 3.99. The van der Waals surface area contributed by atoms with Gasteiger partial charge in [-0.15, -0.1) is 0 Å². The molecule has 1 heterocycles. The Morgan fingerprint density at radius 1 is 0.935 bits per heavy atom. The molecule has 3 aromatic rings. The van der Waals surface area contributed by atoms with Gasteiger partial charge in [-0.05, 0) is 37.1 Å². The van der Waals surface area contributed by atoms with Crippen LogP contribution in [0.5, 0.6) is 0 Å². The van der Waals surface area contributed by atoms with Crippen LogP contribution in [0.1, 0.15) is 39.7 Å². The molecule has 4 rings (SSSR count). The molecule has 6 heteroatoms. The number of ether oxygens (including phenoxy) is 1. The molecule has 160 valence electrons. The van der Waals surface area contributed by atoms with Crippen molar-refractivity contribution in [2.75, 3.05) is 6.61 Å². The minimum Gasteiger partial charge on any atom is -0.356 e. The van der Waals surface area contributed by atoms with E-state index in [1.165, 1.54) is 4.31 Å². The fourth-order valence-electron chi connectivity index (χ4n) is 3.89. The van der Waals surface area contributed by atoms with Gasteiger partial charge in [-0.2, -0.15) is 4.31 Å². The molecule has 1 fully saturated rings. The molecule has 0 radical (unpaired) electrons. The van der Waals surface area contributed by atoms with Gasteiger partial charge < -0.3 is 4.74 Å². The third kappa shape index (κ3) is 4.32. The highest BCUT2D eigenvalue weighted by atomic mass is 32.2. The highest BCUT2D eigenvalue weighted by Gasteiger charge is 2.45. The van der Waals surface area contributed by atoms with E-state index in [1.54, 1.807) is 48.5 Å². The summed E-state index contributed by atoms with van der Waals surface area (Å²) < 4.78 is 34.8. The van der Waals surface area contributed by atoms with Gasteiger partial charge >= 0.3 is 0 Å². The predicted molar refractivity (Wildman–Crippen MR) is 119 cm³/mol. The fraction of sp³-hybridized carbons (Fsp3) is 0.240. The number of hydrogen-bond donors (Lipinski definition) is 0. The van der Waals surface area contributed by atoms with Crippen molar-refractivity contribution in [3.8, 4) is 0 Å². The Morgan fingerprint density at radius 3 is 2.26 bits per heavy atom. The molecule has 1 aliphatic rings. The van der Waals surface area contributed by atoms with Crippen molar-refractivity contribution in [3.05, 3.63) is 101 Å². The van der Waals surface area contributed by atoms with Crippen molar-refractivity contribution in [1.82, 2.24) is 4.31 Å². The maximum atomic E-state index is 13.7. The maximum Gasteiger partial charge on any atom is 0.245 e. The normalized spacial score (nSPS) is 19.4. The van der Waals surface area contributed by atoms with Gasteiger partial charge in [0.05, 0.1) is 17.5 Å². The van der Waals surface area contributed by atoms with Crippen molar-refractivity contribution in [2.24, 2.45) is 0 Å². The highest BCUT2D eigenvalue weighted by molar-refractivity contribution is 7.89. The Labute approximate surface area is 183 Å². The van der Waals surface area contributed by atoms with E-state index in [4.69, 9.17) is 4.74 Å². The average Bonchev–Trinajstić information content (AvgIpc) is 3.19. The molecule has 0 N–H and O–H groups in total. The van der Waals surface area contributed by atoms with Gasteiger partial charge in [-0.3, -0.25) is 4.79 Å². The topological polar surface area (TPSA) is 63.7 Å². The van der Waals surface area contributed by atoms with Crippen molar-refractivity contribution >= 4 is 15.8 Å². The molecular weight excluding hydrogens is 410 g/mol. The van der Waals surface area contributed by atoms with Crippen LogP contribution in [0.3, 0.4) is 0 Å². The zero-order valence-electron chi connectivity index (χ0n) is 17.6. The second-order valence-electron chi connectivity index (χ2n) is 7.84. The standard InChI is InChI=1S/C25H25NO4S/c1-18-12-14-22(15-13-18)31(28,29)26-21(16-24(27)20-9-4-3-5-10-20)17-30-25(26)23-11-7-6-8-19(23)2/h3-15,21,25H,16-17H2,1-2H3/t21-,25-/m1/s1. The van der Waals surface area contributed by atoms with E-state index in [9.17, 15) is 13.2 Å². The number of benzene rings is 3. The molecule has 0 aromatic heterocycles. The van der Waals surface area contributed by atoms with Gasteiger partial charge in [0.15, 0.2) is 12.0 Å². The van der Waals surface area contributed by atoms with E-state index in [0.29, 0.717) is 5.56 Å². The largest absolute Gasteiger partial charge is 0.356 e. The number of sulfonamides is 1. The summed E-state index contributed by atoms with van der Waals surface area (Å²) in [4.78, 5) is 13.1. The molecule has 3 aromatic carbocycles. The molecule has 5 nitrogen and oxygen atoms in total. The zero-order valence-corrected chi connectivity index (χ0v) is 18.4. The van der Waals surface area contributed by atoms with Crippen molar-refractivity contribution in [2.45, 2.75) is 37.4 Å². The van der Waals surface area contributed by atoms with Crippen LogP contribution in [0.25, 0.3) is 0 Å². The van der Waals surface area contributed by atoms with Crippen molar-refractivity contribution in [3.63, 3.8) is 0 Å². The third-order valence-corrected chi connectivity index (χ3v) is 7.52. The Bertz CT molecular complexity index is 1170. The molecule has 0 saturated carbocycles. The van der Waals surface area contributed by atoms with Crippen LogP contribution in [0, 0.1) is 13.8 Å². The Hall–Kier alpha value is -2.80. The van der Waals surface area contributed by atoms with Crippen LogP contribution in [-0.2, 0) is 14.8 Å². The summed E-state index contributed by atoms with van der Waals surface area (Å²) in [6, 6.07) is 22.7. The van der Waals surface area contributed by atoms with Gasteiger partial charge in [0.1, 0.15) is 0 Å². The van der Waals surface area contributed by atoms with Gasteiger partial charge in [0.25, 0.3) is 0 Å². The molecule has 0 aliphatic carbocycles. The Kier molecular flexibility index (Phi) is 6.05. The first-order valence-electron chi connectivity index (χ1n) is 10.2. The molecule has 0 bridgehead atoms. The van der Waals surface area contributed by atoms with Crippen LogP contribution in [-0.4, -0.2) is 31.2 Å². The van der Waals surface area contributed by atoms with Gasteiger partial charge in [-0.25, -0.2) is 8.42 Å². The van der Waals surface area contributed by atoms with E-state index >= 15 is 0 Å². The molecule has 0 amide bonds. The van der Waals surface area contributed by atoms with E-state index in [2.05, 4.69) is 0 Å². The monoisotopic (exact) mass is 435 g/mol. The van der Waals surface area contributed by atoms with Crippen molar-refractivity contribution < 1.29 is 17.9 Å². The summed E-state index contributed by atoms with van der Waals surface area (Å²) in [7, 11) is -3.89. The summed E-state index contributed by atoms with van der Waals surface area (Å²) in [5.74, 6) is -0.108. The number of nitrogens with zero attached hydrogens (tertiary/aromatic N) is 1. The summed E-state index contributed by atoms with van der Waals surface area (Å²) in [6.07, 6.45) is -0.724. The lowest BCUT2D eigenvalue weighted by Gasteiger charge is -2.28. The minimum absolute atomic E-state index is 0.0531. The van der Waals surface area contributed by atoms with Crippen LogP contribution in [0.15, 0.2) is 83.8 Å². The SMILES string of the molecule is Cc1ccc(S(=O)(=O)N2[C@H](CC(=O)c3ccccc3)CO[C@@H]2c2ccccc2C)cc1. The first-order valence-corrected chi connectivity index (χ1v) is 11.7. The van der Waals surface area contributed by atoms with Crippen LogP contribution >= 0.6 is 0 Å². The number of ketones is 1. The summed E-state index contributed by atoms with van der Waals surface area (Å²) in [5, 5.41) is 0. The second kappa shape index (κ2) is 8.75. The number of rotatable bonds is 6. The number of carbonyl (C=O) groups excluding carboxylic acids is 1. The van der Waals surface area contributed by atoms with Gasteiger partial charge in [0, 0.05) is 12.0 Å². The molecule has 0 spiro atoms. The minimum atomic E-state index is -3.89. The van der Waals surface area contributed by atoms with E-state index < -0.39 is 22.3 Å². The summed E-state index contributed by atoms with van der Waals surface area (Å²) in [5.41, 5.74) is 3.26. The number of Topliss-reactive ketones (excluding diaryl/α,β-unsaturated/α-hetero) is 1. The molecule has 1 saturated heterocycles. The first kappa shape index (κ1) is 21.4. The van der Waals surface area contributed by atoms with E-state index in [-0.39, 0.29) is 23.7 Å². The molecule has 31 heavy (non-hydrogen) atoms. The lowest BCUT2D eigenvalue weighted by atomic mass is 10.0.